The Kier molecular flexibility index (Phi) is 5.32. The summed E-state index contributed by atoms with van der Waals surface area (Å²) >= 11 is 5.25. The maximum Gasteiger partial charge on any atom is -0.00292 e. The molecule has 0 saturated heterocycles. The zero-order chi connectivity index (χ0) is 4.12. The fourth-order valence-corrected chi connectivity index (χ4v) is 0.491. The number of hydrogen-bond acceptors (Lipinski definition) is 1. The summed E-state index contributed by atoms with van der Waals surface area (Å²) in [6, 6.07) is 0. The highest BCUT2D eigenvalue weighted by Gasteiger charge is 1.69. The lowest BCUT2D eigenvalue weighted by Crippen LogP contribution is -1.98. The van der Waals surface area contributed by atoms with Crippen LogP contribution in [0.4, 0.5) is 0 Å². The van der Waals surface area contributed by atoms with Gasteiger partial charge in [-0.2, -0.15) is 0 Å². The Hall–Kier alpha value is 0.680. The summed E-state index contributed by atoms with van der Waals surface area (Å²) < 4.78 is 0. The van der Waals surface area contributed by atoms with Crippen molar-refractivity contribution in [3.8, 4) is 0 Å². The van der Waals surface area contributed by atoms with Crippen molar-refractivity contribution in [2.45, 2.75) is 0 Å². The average molecular weight is 112 g/mol. The molecule has 1 unspecified atom stereocenters. The highest BCUT2D eigenvalue weighted by Crippen LogP contribution is 2.11. The van der Waals surface area contributed by atoms with E-state index < -0.39 is 0 Å². The molecular formula is C2H7ClNP. The topological polar surface area (TPSA) is 26.0 Å². The lowest BCUT2D eigenvalue weighted by molar-refractivity contribution is 1.15. The van der Waals surface area contributed by atoms with Gasteiger partial charge in [0, 0.05) is 0 Å². The Bertz CT molecular complexity index is 17.1. The first-order chi connectivity index (χ1) is 2.41. The molecule has 0 aromatic rings. The molecule has 0 fully saturated rings. The zero-order valence-corrected chi connectivity index (χ0v) is 4.63. The third-order valence-corrected chi connectivity index (χ3v) is 1.28. The molecule has 0 aromatic heterocycles. The zero-order valence-electron chi connectivity index (χ0n) is 2.87. The van der Waals surface area contributed by atoms with Gasteiger partial charge in [0.1, 0.15) is 0 Å². The van der Waals surface area contributed by atoms with Crippen LogP contribution < -0.4 is 5.73 Å². The van der Waals surface area contributed by atoms with E-state index in [1.165, 1.54) is 0 Å². The predicted octanol–water partition coefficient (Wildman–Crippen LogP) is 0.777. The molecule has 0 spiro atoms. The van der Waals surface area contributed by atoms with E-state index in [2.05, 4.69) is 0 Å². The number of nitrogens with two attached hydrogens (primary N) is 1. The van der Waals surface area contributed by atoms with Crippen molar-refractivity contribution < 1.29 is 0 Å². The summed E-state index contributed by atoms with van der Waals surface area (Å²) in [6.07, 6.45) is 0.960. The van der Waals surface area contributed by atoms with E-state index in [4.69, 9.17) is 17.0 Å². The van der Waals surface area contributed by atoms with Gasteiger partial charge in [0.2, 0.25) is 0 Å². The van der Waals surface area contributed by atoms with Crippen LogP contribution in [0.5, 0.6) is 0 Å². The molecule has 0 radical (unpaired) electrons. The molecule has 0 heterocycles. The minimum Gasteiger partial charge on any atom is -0.330 e. The first kappa shape index (κ1) is 5.68. The molecule has 32 valence electrons. The van der Waals surface area contributed by atoms with Crippen LogP contribution in [0.2, 0.25) is 0 Å². The second-order valence-corrected chi connectivity index (χ2v) is 2.24. The monoisotopic (exact) mass is 111 g/mol. The normalized spacial score (nSPS) is 10.8. The molecule has 0 aliphatic rings. The molecule has 1 atom stereocenters. The fourth-order valence-electron chi connectivity index (χ4n) is 0.0546. The Morgan fingerprint density at radius 3 is 2.40 bits per heavy atom. The standard InChI is InChI=1S/C2H7ClNP/c3-5-2-1-4/h5H,1-2,4H2. The van der Waals surface area contributed by atoms with E-state index in [0.717, 1.165) is 12.7 Å². The van der Waals surface area contributed by atoms with Gasteiger partial charge in [-0.3, -0.25) is 0 Å². The largest absolute Gasteiger partial charge is 0.330 e. The molecule has 0 aliphatic heterocycles. The van der Waals surface area contributed by atoms with Crippen molar-refractivity contribution in [3.63, 3.8) is 0 Å². The van der Waals surface area contributed by atoms with Gasteiger partial charge in [0.25, 0.3) is 0 Å². The lowest BCUT2D eigenvalue weighted by atomic mass is 10.8. The molecule has 5 heavy (non-hydrogen) atoms. The van der Waals surface area contributed by atoms with Gasteiger partial charge >= 0.3 is 0 Å². The highest BCUT2D eigenvalue weighted by atomic mass is 35.7. The Morgan fingerprint density at radius 1 is 1.80 bits per heavy atom. The summed E-state index contributed by atoms with van der Waals surface area (Å²) in [5.74, 6) is 0. The van der Waals surface area contributed by atoms with Crippen molar-refractivity contribution in [1.82, 2.24) is 0 Å². The summed E-state index contributed by atoms with van der Waals surface area (Å²) in [5.41, 5.74) is 5.06. The molecule has 0 bridgehead atoms. The van der Waals surface area contributed by atoms with Crippen molar-refractivity contribution >= 4 is 19.2 Å². The van der Waals surface area contributed by atoms with E-state index in [1.54, 1.807) is 0 Å². The molecule has 3 heteroatoms. The second-order valence-electron chi connectivity index (χ2n) is 0.672. The summed E-state index contributed by atoms with van der Waals surface area (Å²) in [5, 5.41) is 0. The van der Waals surface area contributed by atoms with Gasteiger partial charge in [-0.05, 0) is 20.6 Å². The van der Waals surface area contributed by atoms with Crippen molar-refractivity contribution in [3.05, 3.63) is 0 Å². The van der Waals surface area contributed by atoms with E-state index in [-0.39, 0.29) is 0 Å². The summed E-state index contributed by atoms with van der Waals surface area (Å²) in [6.45, 7) is 0.724. The molecule has 1 nitrogen and oxygen atoms in total. The predicted molar refractivity (Wildman–Crippen MR) is 28.1 cm³/mol. The average Bonchev–Trinajstić information content (AvgIpc) is 1.41. The fraction of sp³-hybridized carbons (Fsp3) is 1.00. The van der Waals surface area contributed by atoms with Gasteiger partial charge in [-0.25, -0.2) is 0 Å². The van der Waals surface area contributed by atoms with E-state index in [0.29, 0.717) is 7.93 Å². The van der Waals surface area contributed by atoms with Gasteiger partial charge in [0.15, 0.2) is 0 Å². The minimum atomic E-state index is 0.505. The maximum atomic E-state index is 5.25. The van der Waals surface area contributed by atoms with Crippen LogP contribution in [-0.2, 0) is 0 Å². The molecule has 0 rings (SSSR count). The molecule has 2 N–H and O–H groups in total. The van der Waals surface area contributed by atoms with Crippen LogP contribution in [0, 0.1) is 0 Å². The van der Waals surface area contributed by atoms with Crippen molar-refractivity contribution in [1.29, 1.82) is 0 Å². The molecule has 0 saturated carbocycles. The van der Waals surface area contributed by atoms with E-state index in [9.17, 15) is 0 Å². The smallest absolute Gasteiger partial charge is 0.00292 e. The maximum absolute atomic E-state index is 5.25. The third kappa shape index (κ3) is 4.68. The summed E-state index contributed by atoms with van der Waals surface area (Å²) in [7, 11) is 0.505. The van der Waals surface area contributed by atoms with E-state index >= 15 is 0 Å². The molecule has 0 amide bonds. The quantitative estimate of drug-likeness (QED) is 0.524. The van der Waals surface area contributed by atoms with Crippen LogP contribution in [0.1, 0.15) is 0 Å². The first-order valence-electron chi connectivity index (χ1n) is 1.45. The Morgan fingerprint density at radius 2 is 2.40 bits per heavy atom. The molecule has 0 aliphatic carbocycles. The molecular weight excluding hydrogens is 104 g/mol. The van der Waals surface area contributed by atoms with Gasteiger partial charge in [0.05, 0.1) is 0 Å². The number of halogens is 1. The van der Waals surface area contributed by atoms with Gasteiger partial charge < -0.3 is 5.73 Å². The Balaban J connectivity index is 2.19. The van der Waals surface area contributed by atoms with Gasteiger partial charge in [-0.1, -0.05) is 0 Å². The van der Waals surface area contributed by atoms with Crippen LogP contribution in [-0.4, -0.2) is 12.7 Å². The SMILES string of the molecule is NCCPCl. The minimum absolute atomic E-state index is 0.505. The highest BCUT2D eigenvalue weighted by molar-refractivity contribution is 7.68. The van der Waals surface area contributed by atoms with Crippen LogP contribution in [0.25, 0.3) is 0 Å². The van der Waals surface area contributed by atoms with Crippen molar-refractivity contribution in [2.24, 2.45) is 5.73 Å². The Labute approximate surface area is 38.5 Å². The first-order valence-corrected chi connectivity index (χ1v) is 3.67. The number of hydrogen-bond donors (Lipinski definition) is 1. The van der Waals surface area contributed by atoms with Crippen LogP contribution in [0.3, 0.4) is 0 Å². The van der Waals surface area contributed by atoms with Crippen molar-refractivity contribution in [2.75, 3.05) is 12.7 Å². The van der Waals surface area contributed by atoms with Crippen LogP contribution in [0.15, 0.2) is 0 Å². The molecule has 0 aromatic carbocycles. The second kappa shape index (κ2) is 4.68. The number of rotatable bonds is 2. The third-order valence-electron chi connectivity index (χ3n) is 0.239. The summed E-state index contributed by atoms with van der Waals surface area (Å²) in [4.78, 5) is 0. The lowest BCUT2D eigenvalue weighted by Gasteiger charge is -1.78. The van der Waals surface area contributed by atoms with Crippen LogP contribution >= 0.6 is 19.2 Å². The van der Waals surface area contributed by atoms with E-state index in [1.807, 2.05) is 0 Å². The van der Waals surface area contributed by atoms with Gasteiger partial charge in [-0.15, -0.1) is 11.2 Å².